The van der Waals surface area contributed by atoms with Crippen LogP contribution in [0.25, 0.3) is 11.0 Å². The maximum atomic E-state index is 13.6. The van der Waals surface area contributed by atoms with E-state index < -0.39 is 0 Å². The number of imidazole rings is 1. The molecule has 0 aliphatic carbocycles. The second-order valence-corrected chi connectivity index (χ2v) is 4.96. The van der Waals surface area contributed by atoms with E-state index in [-0.39, 0.29) is 5.82 Å². The zero-order chi connectivity index (χ0) is 12.7. The minimum atomic E-state index is -0.322. The van der Waals surface area contributed by atoms with Crippen molar-refractivity contribution in [1.82, 2.24) is 9.66 Å². The average molecular weight is 315 g/mol. The molecule has 1 aliphatic rings. The average Bonchev–Trinajstić information content (AvgIpc) is 2.66. The molecule has 3 rings (SSSR count). The van der Waals surface area contributed by atoms with Crippen LogP contribution in [-0.4, -0.2) is 36.0 Å². The summed E-state index contributed by atoms with van der Waals surface area (Å²) in [7, 11) is 0. The Morgan fingerprint density at radius 2 is 2.06 bits per heavy atom. The number of ether oxygens (including phenoxy) is 1. The molecule has 0 atom stereocenters. The normalized spacial score (nSPS) is 16.4. The molecule has 0 saturated carbocycles. The summed E-state index contributed by atoms with van der Waals surface area (Å²) >= 11 is 3.15. The molecule has 96 valence electrons. The van der Waals surface area contributed by atoms with Gasteiger partial charge in [-0.1, -0.05) is 0 Å². The van der Waals surface area contributed by atoms with E-state index in [1.54, 1.807) is 10.7 Å². The van der Waals surface area contributed by atoms with Gasteiger partial charge in [-0.05, 0) is 22.0 Å². The lowest BCUT2D eigenvalue weighted by atomic mass is 10.3. The zero-order valence-corrected chi connectivity index (χ0v) is 11.2. The summed E-state index contributed by atoms with van der Waals surface area (Å²) in [5.41, 5.74) is 7.27. The van der Waals surface area contributed by atoms with E-state index in [1.165, 1.54) is 6.07 Å². The molecule has 1 aromatic carbocycles. The third-order valence-electron chi connectivity index (χ3n) is 2.97. The summed E-state index contributed by atoms with van der Waals surface area (Å²) < 4.78 is 21.1. The molecule has 0 unspecified atom stereocenters. The fourth-order valence-electron chi connectivity index (χ4n) is 2.13. The minimum absolute atomic E-state index is 0.322. The molecule has 7 heteroatoms. The summed E-state index contributed by atoms with van der Waals surface area (Å²) in [4.78, 5) is 4.25. The summed E-state index contributed by atoms with van der Waals surface area (Å²) in [5.74, 6) is 0.0429. The topological polar surface area (TPSA) is 56.3 Å². The highest BCUT2D eigenvalue weighted by molar-refractivity contribution is 9.10. The van der Waals surface area contributed by atoms with Crippen molar-refractivity contribution in [3.63, 3.8) is 0 Å². The molecule has 0 amide bonds. The van der Waals surface area contributed by atoms with Crippen LogP contribution in [0.4, 0.5) is 10.3 Å². The molecule has 5 nitrogen and oxygen atoms in total. The third-order valence-corrected chi connectivity index (χ3v) is 3.58. The van der Waals surface area contributed by atoms with Crippen molar-refractivity contribution in [1.29, 1.82) is 0 Å². The smallest absolute Gasteiger partial charge is 0.220 e. The SMILES string of the molecule is Nc1nc2cc(Br)c(F)cc2n1N1CCOCC1. The molecule has 1 aromatic heterocycles. The Balaban J connectivity index is 2.15. The van der Waals surface area contributed by atoms with Crippen molar-refractivity contribution >= 4 is 32.9 Å². The van der Waals surface area contributed by atoms with Gasteiger partial charge in [0.2, 0.25) is 5.95 Å². The Labute approximate surface area is 111 Å². The molecule has 1 aliphatic heterocycles. The second-order valence-electron chi connectivity index (χ2n) is 4.10. The van der Waals surface area contributed by atoms with Crippen molar-refractivity contribution in [3.05, 3.63) is 22.4 Å². The van der Waals surface area contributed by atoms with E-state index >= 15 is 0 Å². The van der Waals surface area contributed by atoms with Crippen LogP contribution in [0.1, 0.15) is 0 Å². The number of morpholine rings is 1. The van der Waals surface area contributed by atoms with Gasteiger partial charge in [0.25, 0.3) is 0 Å². The van der Waals surface area contributed by atoms with Crippen LogP contribution in [0, 0.1) is 5.82 Å². The van der Waals surface area contributed by atoms with Crippen LogP contribution < -0.4 is 10.7 Å². The van der Waals surface area contributed by atoms with Crippen molar-refractivity contribution in [2.75, 3.05) is 37.0 Å². The summed E-state index contributed by atoms with van der Waals surface area (Å²) in [6.45, 7) is 2.71. The van der Waals surface area contributed by atoms with Gasteiger partial charge in [0.1, 0.15) is 5.82 Å². The Morgan fingerprint density at radius 1 is 1.33 bits per heavy atom. The number of halogens is 2. The predicted molar refractivity (Wildman–Crippen MR) is 70.6 cm³/mol. The molecule has 0 spiro atoms. The first-order chi connectivity index (χ1) is 8.66. The maximum absolute atomic E-state index is 13.6. The van der Waals surface area contributed by atoms with E-state index in [4.69, 9.17) is 10.5 Å². The van der Waals surface area contributed by atoms with E-state index in [2.05, 4.69) is 20.9 Å². The van der Waals surface area contributed by atoms with Crippen molar-refractivity contribution in [2.24, 2.45) is 0 Å². The first kappa shape index (κ1) is 11.7. The van der Waals surface area contributed by atoms with Gasteiger partial charge in [-0.3, -0.25) is 0 Å². The van der Waals surface area contributed by atoms with E-state index in [0.29, 0.717) is 47.8 Å². The van der Waals surface area contributed by atoms with Gasteiger partial charge in [-0.15, -0.1) is 0 Å². The van der Waals surface area contributed by atoms with Gasteiger partial charge >= 0.3 is 0 Å². The number of fused-ring (bicyclic) bond motifs is 1. The monoisotopic (exact) mass is 314 g/mol. The van der Waals surface area contributed by atoms with Gasteiger partial charge in [0.15, 0.2) is 0 Å². The molecule has 18 heavy (non-hydrogen) atoms. The number of hydrogen-bond donors (Lipinski definition) is 1. The minimum Gasteiger partial charge on any atom is -0.378 e. The van der Waals surface area contributed by atoms with Gasteiger partial charge in [0, 0.05) is 6.07 Å². The highest BCUT2D eigenvalue weighted by Crippen LogP contribution is 2.25. The third kappa shape index (κ3) is 1.83. The zero-order valence-electron chi connectivity index (χ0n) is 9.57. The molecule has 1 fully saturated rings. The molecule has 2 N–H and O–H groups in total. The number of hydrogen-bond acceptors (Lipinski definition) is 4. The van der Waals surface area contributed by atoms with Gasteiger partial charge < -0.3 is 15.5 Å². The molecular weight excluding hydrogens is 303 g/mol. The van der Waals surface area contributed by atoms with Crippen LogP contribution in [0.3, 0.4) is 0 Å². The lowest BCUT2D eigenvalue weighted by molar-refractivity contribution is 0.112. The first-order valence-electron chi connectivity index (χ1n) is 5.63. The highest BCUT2D eigenvalue weighted by Gasteiger charge is 2.18. The number of nitrogens with two attached hydrogens (primary N) is 1. The van der Waals surface area contributed by atoms with Crippen molar-refractivity contribution in [2.45, 2.75) is 0 Å². The molecule has 1 saturated heterocycles. The summed E-state index contributed by atoms with van der Waals surface area (Å²) in [6, 6.07) is 3.08. The number of rotatable bonds is 1. The predicted octanol–water partition coefficient (Wildman–Crippen LogP) is 1.49. The summed E-state index contributed by atoms with van der Waals surface area (Å²) in [6.07, 6.45) is 0. The standard InChI is InChI=1S/C11H12BrFN4O/c12-7-5-9-10(6-8(7)13)17(11(14)15-9)16-1-3-18-4-2-16/h5-6H,1-4H2,(H2,14,15). The second kappa shape index (κ2) is 4.40. The lowest BCUT2D eigenvalue weighted by Gasteiger charge is -2.30. The van der Waals surface area contributed by atoms with Crippen LogP contribution in [0.15, 0.2) is 16.6 Å². The van der Waals surface area contributed by atoms with E-state index in [0.717, 1.165) is 0 Å². The van der Waals surface area contributed by atoms with Crippen LogP contribution >= 0.6 is 15.9 Å². The van der Waals surface area contributed by atoms with E-state index in [1.807, 2.05) is 5.01 Å². The largest absolute Gasteiger partial charge is 0.378 e. The Kier molecular flexibility index (Phi) is 2.87. The lowest BCUT2D eigenvalue weighted by Crippen LogP contribution is -2.44. The molecule has 2 aromatic rings. The molecule has 0 bridgehead atoms. The number of benzene rings is 1. The Bertz CT molecular complexity index is 594. The van der Waals surface area contributed by atoms with Crippen LogP contribution in [-0.2, 0) is 4.74 Å². The highest BCUT2D eigenvalue weighted by atomic mass is 79.9. The number of nitrogens with zero attached hydrogens (tertiary/aromatic N) is 3. The quantitative estimate of drug-likeness (QED) is 0.866. The van der Waals surface area contributed by atoms with Crippen LogP contribution in [0.5, 0.6) is 0 Å². The van der Waals surface area contributed by atoms with E-state index in [9.17, 15) is 4.39 Å². The van der Waals surface area contributed by atoms with Gasteiger partial charge in [-0.2, -0.15) is 0 Å². The van der Waals surface area contributed by atoms with Gasteiger partial charge in [0.05, 0.1) is 41.8 Å². The summed E-state index contributed by atoms with van der Waals surface area (Å²) in [5, 5.41) is 2.02. The Morgan fingerprint density at radius 3 is 2.78 bits per heavy atom. The number of nitrogen functional groups attached to an aromatic ring is 1. The Hall–Kier alpha value is -1.34. The molecular formula is C11H12BrFN4O. The van der Waals surface area contributed by atoms with Gasteiger partial charge in [-0.25, -0.2) is 14.1 Å². The maximum Gasteiger partial charge on any atom is 0.220 e. The van der Waals surface area contributed by atoms with Crippen molar-refractivity contribution < 1.29 is 9.13 Å². The first-order valence-corrected chi connectivity index (χ1v) is 6.42. The number of anilines is 1. The molecule has 0 radical (unpaired) electrons. The van der Waals surface area contributed by atoms with Crippen LogP contribution in [0.2, 0.25) is 0 Å². The number of aromatic nitrogens is 2. The van der Waals surface area contributed by atoms with Crippen molar-refractivity contribution in [3.8, 4) is 0 Å². The molecule has 2 heterocycles. The fourth-order valence-corrected chi connectivity index (χ4v) is 2.46. The fraction of sp³-hybridized carbons (Fsp3) is 0.364.